The Bertz CT molecular complexity index is 1090. The van der Waals surface area contributed by atoms with Crippen molar-refractivity contribution in [3.63, 3.8) is 0 Å². The number of aliphatic hydroxyl groups excluding tert-OH is 3. The van der Waals surface area contributed by atoms with Crippen LogP contribution in [0.4, 0.5) is 10.1 Å². The number of hydrogen-bond acceptors (Lipinski definition) is 7. The number of anilines is 1. The first-order valence-electron chi connectivity index (χ1n) is 10.9. The van der Waals surface area contributed by atoms with Crippen molar-refractivity contribution in [1.82, 2.24) is 10.0 Å². The molecule has 182 valence electrons. The van der Waals surface area contributed by atoms with Gasteiger partial charge in [0.25, 0.3) is 0 Å². The third-order valence-corrected chi connectivity index (χ3v) is 7.39. The molecule has 33 heavy (non-hydrogen) atoms. The molecule has 2 aromatic carbocycles. The van der Waals surface area contributed by atoms with Crippen LogP contribution in [0.5, 0.6) is 0 Å². The van der Waals surface area contributed by atoms with E-state index in [1.54, 1.807) is 18.2 Å². The quantitative estimate of drug-likeness (QED) is 0.253. The monoisotopic (exact) mass is 481 g/mol. The molecule has 4 atom stereocenters. The second-order valence-corrected chi connectivity index (χ2v) is 10.1. The summed E-state index contributed by atoms with van der Waals surface area (Å²) in [6.07, 6.45) is -1.61. The van der Waals surface area contributed by atoms with Crippen LogP contribution in [0.2, 0.25) is 0 Å². The van der Waals surface area contributed by atoms with Crippen LogP contribution in [-0.2, 0) is 10.0 Å². The minimum absolute atomic E-state index is 0.0329. The lowest BCUT2D eigenvalue weighted by molar-refractivity contribution is -0.0628. The summed E-state index contributed by atoms with van der Waals surface area (Å²) >= 11 is 0. The van der Waals surface area contributed by atoms with E-state index < -0.39 is 41.1 Å². The fourth-order valence-corrected chi connectivity index (χ4v) is 5.34. The van der Waals surface area contributed by atoms with E-state index in [2.05, 4.69) is 10.0 Å². The fraction of sp³-hybridized carbons (Fsp3) is 0.478. The third-order valence-electron chi connectivity index (χ3n) is 5.88. The molecule has 0 saturated carbocycles. The molecule has 0 saturated heterocycles. The minimum Gasteiger partial charge on any atom is -0.388 e. The average molecular weight is 482 g/mol. The average Bonchev–Trinajstić information content (AvgIpc) is 2.80. The summed E-state index contributed by atoms with van der Waals surface area (Å²) in [5.41, 5.74) is 0.966. The van der Waals surface area contributed by atoms with Crippen LogP contribution in [-0.4, -0.2) is 82.0 Å². The van der Waals surface area contributed by atoms with Crippen molar-refractivity contribution in [2.24, 2.45) is 0 Å². The standard InChI is InChI=1S/C23H32FN3O5S/c1-27(2)19-9-5-8-17-16(19)7-6-10-20(17)33(31,32)26-12-4-3-11-25-18-13-15(14-24)21(28)23(30)22(18)29/h5-10,13,18,21-23,25-26,28-30H,3-4,11-12,14H2,1-2H3/t18-,21+,22+,23+/m1/s1. The summed E-state index contributed by atoms with van der Waals surface area (Å²) in [7, 11) is 0.106. The summed E-state index contributed by atoms with van der Waals surface area (Å²) in [6, 6.07) is 10.1. The zero-order valence-corrected chi connectivity index (χ0v) is 19.6. The Labute approximate surface area is 193 Å². The molecule has 0 unspecified atom stereocenters. The number of hydrogen-bond donors (Lipinski definition) is 5. The molecule has 0 radical (unpaired) electrons. The lowest BCUT2D eigenvalue weighted by atomic mass is 9.88. The van der Waals surface area contributed by atoms with Crippen molar-refractivity contribution < 1.29 is 28.1 Å². The highest BCUT2D eigenvalue weighted by Gasteiger charge is 2.36. The van der Waals surface area contributed by atoms with Gasteiger partial charge in [-0.1, -0.05) is 30.3 Å². The molecule has 0 aromatic heterocycles. The molecule has 2 aromatic rings. The number of nitrogens with one attached hydrogen (secondary N) is 2. The Balaban J connectivity index is 1.55. The van der Waals surface area contributed by atoms with Gasteiger partial charge in [-0.05, 0) is 37.1 Å². The van der Waals surface area contributed by atoms with E-state index in [9.17, 15) is 28.1 Å². The molecule has 10 heteroatoms. The van der Waals surface area contributed by atoms with E-state index >= 15 is 0 Å². The molecule has 8 nitrogen and oxygen atoms in total. The molecule has 1 aliphatic rings. The van der Waals surface area contributed by atoms with E-state index in [-0.39, 0.29) is 17.0 Å². The second kappa shape index (κ2) is 10.9. The molecule has 0 heterocycles. The SMILES string of the molecule is CN(C)c1cccc2c(S(=O)(=O)NCCCCN[C@@H]3C=C(CF)[C@H](O)[C@H](O)[C@H]3O)cccc12. The normalized spacial score (nSPS) is 23.5. The Morgan fingerprint density at radius 3 is 2.33 bits per heavy atom. The topological polar surface area (TPSA) is 122 Å². The van der Waals surface area contributed by atoms with Gasteiger partial charge >= 0.3 is 0 Å². The van der Waals surface area contributed by atoms with Crippen LogP contribution in [0.25, 0.3) is 10.8 Å². The van der Waals surface area contributed by atoms with E-state index in [1.807, 2.05) is 37.2 Å². The third kappa shape index (κ3) is 5.71. The van der Waals surface area contributed by atoms with Gasteiger partial charge in [0, 0.05) is 37.1 Å². The summed E-state index contributed by atoms with van der Waals surface area (Å²) in [4.78, 5) is 2.16. The summed E-state index contributed by atoms with van der Waals surface area (Å²) < 4.78 is 41.5. The van der Waals surface area contributed by atoms with Crippen molar-refractivity contribution in [3.8, 4) is 0 Å². The zero-order valence-electron chi connectivity index (χ0n) is 18.8. The molecule has 0 fully saturated rings. The van der Waals surface area contributed by atoms with Crippen LogP contribution in [0.1, 0.15) is 12.8 Å². The summed E-state index contributed by atoms with van der Waals surface area (Å²) in [5.74, 6) is 0. The predicted octanol–water partition coefficient (Wildman–Crippen LogP) is 0.915. The highest BCUT2D eigenvalue weighted by atomic mass is 32.2. The molecule has 5 N–H and O–H groups in total. The number of alkyl halides is 1. The Morgan fingerprint density at radius 1 is 0.970 bits per heavy atom. The van der Waals surface area contributed by atoms with E-state index in [4.69, 9.17) is 0 Å². The number of rotatable bonds is 10. The second-order valence-electron chi connectivity index (χ2n) is 8.41. The molecule has 1 aliphatic carbocycles. The number of unbranched alkanes of at least 4 members (excludes halogenated alkanes) is 1. The summed E-state index contributed by atoms with van der Waals surface area (Å²) in [5, 5.41) is 34.2. The van der Waals surface area contributed by atoms with Gasteiger partial charge in [0.05, 0.1) is 10.9 Å². The number of benzene rings is 2. The van der Waals surface area contributed by atoms with Crippen LogP contribution >= 0.6 is 0 Å². The first kappa shape index (κ1) is 25.5. The molecule has 3 rings (SSSR count). The highest BCUT2D eigenvalue weighted by Crippen LogP contribution is 2.30. The number of sulfonamides is 1. The van der Waals surface area contributed by atoms with Crippen LogP contribution in [0.15, 0.2) is 52.9 Å². The van der Waals surface area contributed by atoms with Crippen LogP contribution < -0.4 is 14.9 Å². The predicted molar refractivity (Wildman–Crippen MR) is 127 cm³/mol. The first-order valence-corrected chi connectivity index (χ1v) is 12.4. The molecular weight excluding hydrogens is 449 g/mol. The van der Waals surface area contributed by atoms with Gasteiger partial charge in [0.2, 0.25) is 10.0 Å². The summed E-state index contributed by atoms with van der Waals surface area (Å²) in [6.45, 7) is -0.258. The number of fused-ring (bicyclic) bond motifs is 1. The van der Waals surface area contributed by atoms with Crippen molar-refractivity contribution >= 4 is 26.5 Å². The van der Waals surface area contributed by atoms with Gasteiger partial charge in [-0.2, -0.15) is 0 Å². The first-order chi connectivity index (χ1) is 15.7. The Morgan fingerprint density at radius 2 is 1.64 bits per heavy atom. The maximum absolute atomic E-state index is 13.0. The van der Waals surface area contributed by atoms with E-state index in [0.29, 0.717) is 24.8 Å². The lowest BCUT2D eigenvalue weighted by Gasteiger charge is -2.34. The van der Waals surface area contributed by atoms with E-state index in [1.165, 1.54) is 6.08 Å². The molecule has 0 bridgehead atoms. The van der Waals surface area contributed by atoms with Crippen molar-refractivity contribution in [3.05, 3.63) is 48.0 Å². The molecular formula is C23H32FN3O5S. The van der Waals surface area contributed by atoms with Crippen LogP contribution in [0.3, 0.4) is 0 Å². The lowest BCUT2D eigenvalue weighted by Crippen LogP contribution is -2.54. The number of nitrogens with zero attached hydrogens (tertiary/aromatic N) is 1. The largest absolute Gasteiger partial charge is 0.388 e. The van der Waals surface area contributed by atoms with Gasteiger partial charge < -0.3 is 25.5 Å². The Hall–Kier alpha value is -2.08. The smallest absolute Gasteiger partial charge is 0.241 e. The minimum atomic E-state index is -3.71. The van der Waals surface area contributed by atoms with Gasteiger partial charge in [0.1, 0.15) is 25.0 Å². The van der Waals surface area contributed by atoms with E-state index in [0.717, 1.165) is 11.1 Å². The maximum Gasteiger partial charge on any atom is 0.241 e. The van der Waals surface area contributed by atoms with Gasteiger partial charge in [-0.25, -0.2) is 17.5 Å². The molecule has 0 amide bonds. The Kier molecular flexibility index (Phi) is 8.43. The van der Waals surface area contributed by atoms with Crippen molar-refractivity contribution in [2.75, 3.05) is 38.8 Å². The van der Waals surface area contributed by atoms with Gasteiger partial charge in [-0.15, -0.1) is 0 Å². The number of halogens is 1. The van der Waals surface area contributed by atoms with Crippen molar-refractivity contribution in [2.45, 2.75) is 42.1 Å². The van der Waals surface area contributed by atoms with Gasteiger partial charge in [-0.3, -0.25) is 0 Å². The van der Waals surface area contributed by atoms with Crippen molar-refractivity contribution in [1.29, 1.82) is 0 Å². The highest BCUT2D eigenvalue weighted by molar-refractivity contribution is 7.89. The molecule has 0 spiro atoms. The zero-order chi connectivity index (χ0) is 24.2. The van der Waals surface area contributed by atoms with Gasteiger partial charge in [0.15, 0.2) is 0 Å². The number of aliphatic hydroxyl groups is 3. The maximum atomic E-state index is 13.0. The molecule has 0 aliphatic heterocycles. The van der Waals surface area contributed by atoms with Crippen LogP contribution in [0, 0.1) is 0 Å². The fourth-order valence-electron chi connectivity index (χ4n) is 4.04.